The molecule has 0 aliphatic carbocycles. The maximum absolute atomic E-state index is 13.7. The highest BCUT2D eigenvalue weighted by atomic mass is 32.2. The van der Waals surface area contributed by atoms with Crippen LogP contribution in [0, 0.1) is 13.8 Å². The lowest BCUT2D eigenvalue weighted by Gasteiger charge is -2.29. The van der Waals surface area contributed by atoms with Crippen LogP contribution in [0.1, 0.15) is 49.4 Å². The van der Waals surface area contributed by atoms with Crippen molar-refractivity contribution in [3.63, 3.8) is 0 Å². The van der Waals surface area contributed by atoms with Crippen molar-refractivity contribution >= 4 is 29.3 Å². The highest BCUT2D eigenvalue weighted by molar-refractivity contribution is 7.99. The van der Waals surface area contributed by atoms with Gasteiger partial charge in [-0.3, -0.25) is 4.79 Å². The number of aryl methyl sites for hydroxylation is 2. The molecule has 2 heterocycles. The van der Waals surface area contributed by atoms with Crippen LogP contribution in [-0.2, 0) is 4.79 Å². The first-order valence-electron chi connectivity index (χ1n) is 11.5. The SMILES string of the molecule is CCCCSc1nc2n(n1)C(c1cccc(OC)c1)C(C(=O)Nc1ccc(C)cc1C)=C(C)N2. The van der Waals surface area contributed by atoms with Gasteiger partial charge >= 0.3 is 0 Å². The van der Waals surface area contributed by atoms with E-state index in [4.69, 9.17) is 14.8 Å². The summed E-state index contributed by atoms with van der Waals surface area (Å²) >= 11 is 1.63. The summed E-state index contributed by atoms with van der Waals surface area (Å²) in [6, 6.07) is 13.3. The number of rotatable bonds is 8. The molecule has 1 amide bonds. The number of unbranched alkanes of at least 4 members (excludes halogenated alkanes) is 1. The van der Waals surface area contributed by atoms with Crippen molar-refractivity contribution < 1.29 is 9.53 Å². The Morgan fingerprint density at radius 3 is 2.76 bits per heavy atom. The number of ether oxygens (including phenoxy) is 1. The van der Waals surface area contributed by atoms with E-state index >= 15 is 0 Å². The molecule has 8 heteroatoms. The molecule has 1 aliphatic rings. The van der Waals surface area contributed by atoms with Gasteiger partial charge in [-0.1, -0.05) is 54.9 Å². The number of carbonyl (C=O) groups excluding carboxylic acids is 1. The van der Waals surface area contributed by atoms with Gasteiger partial charge < -0.3 is 15.4 Å². The molecule has 2 N–H and O–H groups in total. The van der Waals surface area contributed by atoms with Crippen LogP contribution in [0.4, 0.5) is 11.6 Å². The Labute approximate surface area is 205 Å². The smallest absolute Gasteiger partial charge is 0.255 e. The quantitative estimate of drug-likeness (QED) is 0.319. The Bertz CT molecular complexity index is 1230. The summed E-state index contributed by atoms with van der Waals surface area (Å²) in [7, 11) is 1.64. The molecule has 0 bridgehead atoms. The Kier molecular flexibility index (Phi) is 7.26. The van der Waals surface area contributed by atoms with Crippen molar-refractivity contribution in [2.45, 2.75) is 51.7 Å². The van der Waals surface area contributed by atoms with Gasteiger partial charge in [-0.05, 0) is 56.5 Å². The summed E-state index contributed by atoms with van der Waals surface area (Å²) in [6.07, 6.45) is 2.22. The van der Waals surface area contributed by atoms with Gasteiger partial charge in [0.1, 0.15) is 11.8 Å². The van der Waals surface area contributed by atoms with Crippen molar-refractivity contribution in [3.8, 4) is 5.75 Å². The topological polar surface area (TPSA) is 81.1 Å². The fraction of sp³-hybridized carbons (Fsp3) is 0.346. The Balaban J connectivity index is 1.75. The number of carbonyl (C=O) groups is 1. The molecule has 0 saturated heterocycles. The van der Waals surface area contributed by atoms with E-state index in [0.717, 1.165) is 52.4 Å². The van der Waals surface area contributed by atoms with Crippen LogP contribution in [0.2, 0.25) is 0 Å². The minimum Gasteiger partial charge on any atom is -0.497 e. The van der Waals surface area contributed by atoms with Gasteiger partial charge in [-0.15, -0.1) is 5.10 Å². The van der Waals surface area contributed by atoms with E-state index in [2.05, 4.69) is 23.6 Å². The summed E-state index contributed by atoms with van der Waals surface area (Å²) in [6.45, 7) is 8.11. The highest BCUT2D eigenvalue weighted by Crippen LogP contribution is 2.38. The van der Waals surface area contributed by atoms with Crippen LogP contribution in [0.5, 0.6) is 5.75 Å². The lowest BCUT2D eigenvalue weighted by Crippen LogP contribution is -2.31. The number of methoxy groups -OCH3 is 1. The summed E-state index contributed by atoms with van der Waals surface area (Å²) in [5.74, 6) is 2.14. The molecule has 0 saturated carbocycles. The lowest BCUT2D eigenvalue weighted by atomic mass is 9.94. The summed E-state index contributed by atoms with van der Waals surface area (Å²) in [5.41, 5.74) is 5.21. The molecular formula is C26H31N5O2S. The van der Waals surface area contributed by atoms with Crippen LogP contribution in [0.25, 0.3) is 0 Å². The maximum Gasteiger partial charge on any atom is 0.255 e. The van der Waals surface area contributed by atoms with Gasteiger partial charge in [0.05, 0.1) is 12.7 Å². The number of fused-ring (bicyclic) bond motifs is 1. The third-order valence-electron chi connectivity index (χ3n) is 5.85. The second-order valence-electron chi connectivity index (χ2n) is 8.48. The van der Waals surface area contributed by atoms with Gasteiger partial charge in [0.25, 0.3) is 5.91 Å². The number of nitrogens with one attached hydrogen (secondary N) is 2. The Hall–Kier alpha value is -3.26. The van der Waals surface area contributed by atoms with E-state index in [-0.39, 0.29) is 5.91 Å². The molecule has 0 fully saturated rings. The summed E-state index contributed by atoms with van der Waals surface area (Å²) < 4.78 is 7.28. The first-order chi connectivity index (χ1) is 16.4. The zero-order valence-corrected chi connectivity index (χ0v) is 21.1. The fourth-order valence-corrected chi connectivity index (χ4v) is 4.97. The van der Waals surface area contributed by atoms with Gasteiger partial charge in [0.15, 0.2) is 0 Å². The molecule has 1 unspecified atom stereocenters. The first kappa shape index (κ1) is 23.9. The van der Waals surface area contributed by atoms with E-state index in [1.165, 1.54) is 0 Å². The molecule has 4 rings (SSSR count). The van der Waals surface area contributed by atoms with Crippen LogP contribution in [0.15, 0.2) is 58.9 Å². The van der Waals surface area contributed by atoms with E-state index in [9.17, 15) is 4.79 Å². The second-order valence-corrected chi connectivity index (χ2v) is 9.54. The van der Waals surface area contributed by atoms with Crippen molar-refractivity contribution in [2.24, 2.45) is 0 Å². The van der Waals surface area contributed by atoms with Crippen molar-refractivity contribution in [1.82, 2.24) is 14.8 Å². The number of anilines is 2. The normalized spacial score (nSPS) is 15.0. The van der Waals surface area contributed by atoms with Crippen LogP contribution in [-0.4, -0.2) is 33.5 Å². The molecule has 7 nitrogen and oxygen atoms in total. The number of thioether (sulfide) groups is 1. The molecule has 34 heavy (non-hydrogen) atoms. The highest BCUT2D eigenvalue weighted by Gasteiger charge is 2.34. The molecule has 1 aromatic heterocycles. The number of nitrogens with zero attached hydrogens (tertiary/aromatic N) is 3. The molecule has 1 atom stereocenters. The molecule has 0 spiro atoms. The standard InChI is InChI=1S/C26H31N5O2S/c1-6-7-13-34-26-29-25-27-18(4)22(24(32)28-21-12-11-16(2)14-17(21)3)23(31(25)30-26)19-9-8-10-20(15-19)33-5/h8-12,14-15,23H,6-7,13H2,1-5H3,(H,28,32)(H,27,29,30). The second kappa shape index (κ2) is 10.3. The van der Waals surface area contributed by atoms with Crippen LogP contribution >= 0.6 is 11.8 Å². The van der Waals surface area contributed by atoms with E-state index in [1.54, 1.807) is 18.9 Å². The molecule has 178 valence electrons. The molecular weight excluding hydrogens is 446 g/mol. The maximum atomic E-state index is 13.7. The van der Waals surface area contributed by atoms with Gasteiger partial charge in [0, 0.05) is 17.1 Å². The van der Waals surface area contributed by atoms with Gasteiger partial charge in [-0.2, -0.15) is 4.98 Å². The number of amides is 1. The fourth-order valence-electron chi connectivity index (χ4n) is 4.06. The van der Waals surface area contributed by atoms with E-state index in [0.29, 0.717) is 16.7 Å². The molecule has 2 aromatic carbocycles. The minimum absolute atomic E-state index is 0.175. The lowest BCUT2D eigenvalue weighted by molar-refractivity contribution is -0.113. The predicted octanol–water partition coefficient (Wildman–Crippen LogP) is 5.72. The third kappa shape index (κ3) is 4.97. The Morgan fingerprint density at radius 1 is 1.21 bits per heavy atom. The van der Waals surface area contributed by atoms with E-state index in [1.807, 2.05) is 61.9 Å². The van der Waals surface area contributed by atoms with Gasteiger partial charge in [0.2, 0.25) is 11.1 Å². The number of benzene rings is 2. The predicted molar refractivity (Wildman–Crippen MR) is 138 cm³/mol. The zero-order chi connectivity index (χ0) is 24.2. The summed E-state index contributed by atoms with van der Waals surface area (Å²) in [5, 5.41) is 11.9. The average molecular weight is 478 g/mol. The molecule has 3 aromatic rings. The summed E-state index contributed by atoms with van der Waals surface area (Å²) in [4.78, 5) is 18.4. The molecule has 0 radical (unpaired) electrons. The van der Waals surface area contributed by atoms with Gasteiger partial charge in [-0.25, -0.2) is 4.68 Å². The van der Waals surface area contributed by atoms with E-state index < -0.39 is 6.04 Å². The minimum atomic E-state index is -0.440. The number of hydrogen-bond donors (Lipinski definition) is 2. The monoisotopic (exact) mass is 477 g/mol. The first-order valence-corrected chi connectivity index (χ1v) is 12.5. The number of hydrogen-bond acceptors (Lipinski definition) is 6. The van der Waals surface area contributed by atoms with Crippen LogP contribution in [0.3, 0.4) is 0 Å². The van der Waals surface area contributed by atoms with Crippen molar-refractivity contribution in [1.29, 1.82) is 0 Å². The average Bonchev–Trinajstić information content (AvgIpc) is 3.22. The third-order valence-corrected chi connectivity index (χ3v) is 6.77. The largest absolute Gasteiger partial charge is 0.497 e. The zero-order valence-electron chi connectivity index (χ0n) is 20.3. The molecule has 1 aliphatic heterocycles. The number of aromatic nitrogens is 3. The number of allylic oxidation sites excluding steroid dienone is 1. The van der Waals surface area contributed by atoms with Crippen molar-refractivity contribution in [3.05, 3.63) is 70.4 Å². The van der Waals surface area contributed by atoms with Crippen LogP contribution < -0.4 is 15.4 Å². The Morgan fingerprint density at radius 2 is 2.03 bits per heavy atom. The van der Waals surface area contributed by atoms with Crippen molar-refractivity contribution in [2.75, 3.05) is 23.5 Å².